The van der Waals surface area contributed by atoms with Crippen LogP contribution in [0.25, 0.3) is 22.6 Å². The van der Waals surface area contributed by atoms with Gasteiger partial charge in [-0.05, 0) is 50.8 Å². The first-order valence-electron chi connectivity index (χ1n) is 8.12. The Morgan fingerprint density at radius 2 is 2.04 bits per heavy atom. The van der Waals surface area contributed by atoms with Crippen molar-refractivity contribution in [2.24, 2.45) is 0 Å². The summed E-state index contributed by atoms with van der Waals surface area (Å²) in [5.41, 5.74) is 2.38. The zero-order valence-corrected chi connectivity index (χ0v) is 15.0. The molecule has 0 saturated carbocycles. The van der Waals surface area contributed by atoms with Crippen molar-refractivity contribution in [2.45, 2.75) is 39.7 Å². The third kappa shape index (κ3) is 3.49. The minimum absolute atomic E-state index is 0.161. The van der Waals surface area contributed by atoms with Crippen molar-refractivity contribution in [1.82, 2.24) is 19.5 Å². The van der Waals surface area contributed by atoms with Crippen LogP contribution in [0.2, 0.25) is 5.02 Å². The summed E-state index contributed by atoms with van der Waals surface area (Å²) >= 11 is 6.27. The molecule has 0 radical (unpaired) electrons. The van der Waals surface area contributed by atoms with Gasteiger partial charge in [0.1, 0.15) is 0 Å². The molecule has 2 heterocycles. The number of aromatic amines is 1. The van der Waals surface area contributed by atoms with E-state index in [2.05, 4.69) is 21.5 Å². The van der Waals surface area contributed by atoms with Crippen LogP contribution in [-0.2, 0) is 6.54 Å². The van der Waals surface area contributed by atoms with Gasteiger partial charge in [0.05, 0.1) is 11.0 Å². The Morgan fingerprint density at radius 1 is 1.28 bits per heavy atom. The Hall–Kier alpha value is -2.47. The van der Waals surface area contributed by atoms with E-state index in [1.165, 1.54) is 0 Å². The molecule has 3 rings (SSSR count). The Morgan fingerprint density at radius 3 is 2.76 bits per heavy atom. The SMILES string of the molecule is C=C(C)CCCCn1c2nc(=O)[nH]c(=O)c-2nc2cc(C)c(Cl)cc21. The number of hydrogen-bond acceptors (Lipinski definition) is 4. The molecule has 0 aromatic heterocycles. The lowest BCUT2D eigenvalue weighted by Crippen LogP contribution is -2.29. The first-order valence-corrected chi connectivity index (χ1v) is 8.49. The quantitative estimate of drug-likeness (QED) is 0.431. The Balaban J connectivity index is 2.20. The number of H-pyrrole nitrogens is 1. The first-order chi connectivity index (χ1) is 11.9. The molecule has 130 valence electrons. The summed E-state index contributed by atoms with van der Waals surface area (Å²) in [4.78, 5) is 34.4. The van der Waals surface area contributed by atoms with Crippen molar-refractivity contribution in [1.29, 1.82) is 0 Å². The standard InChI is InChI=1S/C18H19ClN4O2/c1-10(2)6-4-5-7-23-14-9-12(19)11(3)8-13(14)20-15-16(23)21-18(25)22-17(15)24/h8-9H,1,4-7H2,2-3H3,(H,22,24,25). The highest BCUT2D eigenvalue weighted by atomic mass is 35.5. The molecule has 25 heavy (non-hydrogen) atoms. The van der Waals surface area contributed by atoms with Gasteiger partial charge in [0.25, 0.3) is 5.56 Å². The van der Waals surface area contributed by atoms with E-state index in [-0.39, 0.29) is 11.5 Å². The molecule has 1 aromatic carbocycles. The van der Waals surface area contributed by atoms with Crippen LogP contribution in [0.3, 0.4) is 0 Å². The van der Waals surface area contributed by atoms with Crippen molar-refractivity contribution in [3.63, 3.8) is 0 Å². The van der Waals surface area contributed by atoms with Gasteiger partial charge in [0.2, 0.25) is 0 Å². The molecule has 0 atom stereocenters. The molecule has 0 saturated heterocycles. The lowest BCUT2D eigenvalue weighted by molar-refractivity contribution is 0.614. The molecule has 2 aliphatic heterocycles. The van der Waals surface area contributed by atoms with Crippen LogP contribution in [0.1, 0.15) is 31.7 Å². The maximum atomic E-state index is 12.2. The van der Waals surface area contributed by atoms with Gasteiger partial charge in [-0.3, -0.25) is 9.78 Å². The number of nitrogens with zero attached hydrogens (tertiary/aromatic N) is 3. The number of halogens is 1. The number of aryl methyl sites for hydroxylation is 2. The number of fused-ring (bicyclic) bond motifs is 2. The molecule has 0 unspecified atom stereocenters. The van der Waals surface area contributed by atoms with Crippen molar-refractivity contribution >= 4 is 22.6 Å². The third-order valence-electron chi connectivity index (χ3n) is 4.12. The van der Waals surface area contributed by atoms with E-state index in [1.807, 2.05) is 30.5 Å². The number of benzene rings is 1. The Bertz CT molecular complexity index is 1050. The predicted octanol–water partition coefficient (Wildman–Crippen LogP) is 3.29. The van der Waals surface area contributed by atoms with E-state index in [0.29, 0.717) is 17.1 Å². The molecule has 0 fully saturated rings. The smallest absolute Gasteiger partial charge is 0.322 e. The van der Waals surface area contributed by atoms with Gasteiger partial charge in [-0.15, -0.1) is 6.58 Å². The summed E-state index contributed by atoms with van der Waals surface area (Å²) in [7, 11) is 0. The Labute approximate surface area is 149 Å². The molecular formula is C18H19ClN4O2. The molecular weight excluding hydrogens is 340 g/mol. The minimum Gasteiger partial charge on any atom is -0.322 e. The van der Waals surface area contributed by atoms with Crippen LogP contribution in [0.4, 0.5) is 0 Å². The number of hydrogen-bond donors (Lipinski definition) is 1. The summed E-state index contributed by atoms with van der Waals surface area (Å²) < 4.78 is 1.86. The van der Waals surface area contributed by atoms with Crippen molar-refractivity contribution in [3.8, 4) is 11.5 Å². The second kappa shape index (κ2) is 6.80. The highest BCUT2D eigenvalue weighted by molar-refractivity contribution is 6.32. The topological polar surface area (TPSA) is 80.6 Å². The number of unbranched alkanes of at least 4 members (excludes halogenated alkanes) is 1. The summed E-state index contributed by atoms with van der Waals surface area (Å²) in [6.07, 6.45) is 2.75. The third-order valence-corrected chi connectivity index (χ3v) is 4.53. The average molecular weight is 359 g/mol. The molecule has 2 aliphatic rings. The van der Waals surface area contributed by atoms with Crippen molar-refractivity contribution in [2.75, 3.05) is 0 Å². The normalized spacial score (nSPS) is 11.3. The molecule has 1 aromatic rings. The summed E-state index contributed by atoms with van der Waals surface area (Å²) in [5, 5.41) is 0.608. The highest BCUT2D eigenvalue weighted by Crippen LogP contribution is 2.26. The maximum absolute atomic E-state index is 12.2. The zero-order valence-electron chi connectivity index (χ0n) is 14.2. The molecule has 6 nitrogen and oxygen atoms in total. The number of aromatic nitrogens is 4. The van der Waals surface area contributed by atoms with Crippen LogP contribution < -0.4 is 11.2 Å². The van der Waals surface area contributed by atoms with E-state index in [1.54, 1.807) is 0 Å². The second-order valence-electron chi connectivity index (χ2n) is 6.31. The van der Waals surface area contributed by atoms with E-state index >= 15 is 0 Å². The van der Waals surface area contributed by atoms with Gasteiger partial charge < -0.3 is 4.57 Å². The number of allylic oxidation sites excluding steroid dienone is 1. The lowest BCUT2D eigenvalue weighted by Gasteiger charge is -2.17. The summed E-state index contributed by atoms with van der Waals surface area (Å²) in [5.74, 6) is 0.288. The van der Waals surface area contributed by atoms with Crippen LogP contribution in [-0.4, -0.2) is 19.5 Å². The van der Waals surface area contributed by atoms with Crippen LogP contribution in [0, 0.1) is 6.92 Å². The highest BCUT2D eigenvalue weighted by Gasteiger charge is 2.19. The molecule has 1 N–H and O–H groups in total. The summed E-state index contributed by atoms with van der Waals surface area (Å²) in [6, 6.07) is 3.65. The molecule has 0 aliphatic carbocycles. The van der Waals surface area contributed by atoms with Crippen molar-refractivity contribution < 1.29 is 0 Å². The van der Waals surface area contributed by atoms with Gasteiger partial charge >= 0.3 is 5.69 Å². The van der Waals surface area contributed by atoms with Gasteiger partial charge in [-0.25, -0.2) is 9.78 Å². The first kappa shape index (κ1) is 17.4. The predicted molar refractivity (Wildman–Crippen MR) is 99.5 cm³/mol. The fourth-order valence-corrected chi connectivity index (χ4v) is 3.00. The number of nitrogens with one attached hydrogen (secondary N) is 1. The fraction of sp³-hybridized carbons (Fsp3) is 0.333. The second-order valence-corrected chi connectivity index (χ2v) is 6.72. The average Bonchev–Trinajstić information content (AvgIpc) is 2.53. The van der Waals surface area contributed by atoms with Gasteiger partial charge in [-0.2, -0.15) is 4.98 Å². The number of rotatable bonds is 5. The fourth-order valence-electron chi connectivity index (χ4n) is 2.84. The van der Waals surface area contributed by atoms with Crippen LogP contribution in [0.15, 0.2) is 33.9 Å². The van der Waals surface area contributed by atoms with E-state index in [0.717, 1.165) is 35.9 Å². The molecule has 0 bridgehead atoms. The largest absolute Gasteiger partial charge is 0.349 e. The van der Waals surface area contributed by atoms with Gasteiger partial charge in [0, 0.05) is 11.6 Å². The Kier molecular flexibility index (Phi) is 4.72. The minimum atomic E-state index is -0.674. The van der Waals surface area contributed by atoms with Crippen LogP contribution in [0.5, 0.6) is 0 Å². The monoisotopic (exact) mass is 358 g/mol. The van der Waals surface area contributed by atoms with E-state index in [9.17, 15) is 9.59 Å². The van der Waals surface area contributed by atoms with Gasteiger partial charge in [-0.1, -0.05) is 17.2 Å². The summed E-state index contributed by atoms with van der Waals surface area (Å²) in [6.45, 7) is 8.40. The zero-order chi connectivity index (χ0) is 18.1. The molecule has 7 heteroatoms. The molecule has 0 spiro atoms. The maximum Gasteiger partial charge on any atom is 0.349 e. The lowest BCUT2D eigenvalue weighted by atomic mass is 10.1. The van der Waals surface area contributed by atoms with E-state index < -0.39 is 11.2 Å². The van der Waals surface area contributed by atoms with Crippen LogP contribution >= 0.6 is 11.6 Å². The van der Waals surface area contributed by atoms with Gasteiger partial charge in [0.15, 0.2) is 11.5 Å². The van der Waals surface area contributed by atoms with Crippen molar-refractivity contribution in [3.05, 3.63) is 55.7 Å². The molecule has 0 amide bonds. The van der Waals surface area contributed by atoms with E-state index in [4.69, 9.17) is 11.6 Å².